The maximum atomic E-state index is 13.0. The van der Waals surface area contributed by atoms with Crippen molar-refractivity contribution in [2.75, 3.05) is 11.9 Å². The summed E-state index contributed by atoms with van der Waals surface area (Å²) in [5.74, 6) is -1.08. The third-order valence-corrected chi connectivity index (χ3v) is 6.64. The number of rotatable bonds is 8. The molecule has 4 rings (SSSR count). The number of hydrogen-bond donors (Lipinski definition) is 3. The SMILES string of the molecule is Cc1ccc(NC(=O)[C@H](C)NC(=O)[C@@H](NC(=O)OCC2c3ccccc3-c3ccccc32)C(C)C)cc1. The van der Waals surface area contributed by atoms with Crippen molar-refractivity contribution >= 4 is 23.6 Å². The normalized spacial score (nSPS) is 13.8. The summed E-state index contributed by atoms with van der Waals surface area (Å²) in [5.41, 5.74) is 6.24. The summed E-state index contributed by atoms with van der Waals surface area (Å²) < 4.78 is 5.60. The van der Waals surface area contributed by atoms with Crippen LogP contribution in [0.15, 0.2) is 72.8 Å². The highest BCUT2D eigenvalue weighted by Crippen LogP contribution is 2.44. The molecule has 0 aliphatic heterocycles. The summed E-state index contributed by atoms with van der Waals surface area (Å²) in [6.45, 7) is 7.37. The second-order valence-electron chi connectivity index (χ2n) is 9.78. The van der Waals surface area contributed by atoms with Crippen molar-refractivity contribution in [3.05, 3.63) is 89.5 Å². The summed E-state index contributed by atoms with van der Waals surface area (Å²) in [6.07, 6.45) is -0.674. The van der Waals surface area contributed by atoms with Gasteiger partial charge in [-0.15, -0.1) is 0 Å². The molecule has 3 aromatic carbocycles. The first-order valence-corrected chi connectivity index (χ1v) is 12.5. The number of ether oxygens (including phenoxy) is 1. The molecule has 7 heteroatoms. The Labute approximate surface area is 217 Å². The maximum absolute atomic E-state index is 13.0. The number of aryl methyl sites for hydroxylation is 1. The lowest BCUT2D eigenvalue weighted by atomic mass is 9.98. The Balaban J connectivity index is 1.34. The number of carbonyl (C=O) groups excluding carboxylic acids is 3. The quantitative estimate of drug-likeness (QED) is 0.406. The van der Waals surface area contributed by atoms with Crippen LogP contribution in [0.1, 0.15) is 43.4 Å². The van der Waals surface area contributed by atoms with Crippen LogP contribution >= 0.6 is 0 Å². The summed E-state index contributed by atoms with van der Waals surface area (Å²) in [4.78, 5) is 38.3. The Morgan fingerprint density at radius 1 is 0.784 bits per heavy atom. The summed E-state index contributed by atoms with van der Waals surface area (Å²) in [7, 11) is 0. The lowest BCUT2D eigenvalue weighted by Gasteiger charge is -2.24. The van der Waals surface area contributed by atoms with E-state index in [1.807, 2.05) is 57.2 Å². The fraction of sp³-hybridized carbons (Fsp3) is 0.300. The fourth-order valence-corrected chi connectivity index (χ4v) is 4.56. The second kappa shape index (κ2) is 11.3. The zero-order valence-electron chi connectivity index (χ0n) is 21.6. The van der Waals surface area contributed by atoms with E-state index < -0.39 is 24.1 Å². The molecule has 1 aliphatic carbocycles. The van der Waals surface area contributed by atoms with Crippen molar-refractivity contribution in [3.63, 3.8) is 0 Å². The minimum Gasteiger partial charge on any atom is -0.449 e. The molecule has 192 valence electrons. The lowest BCUT2D eigenvalue weighted by Crippen LogP contribution is -2.53. The van der Waals surface area contributed by atoms with Crippen molar-refractivity contribution in [2.24, 2.45) is 5.92 Å². The van der Waals surface area contributed by atoms with Crippen LogP contribution in [0.2, 0.25) is 0 Å². The van der Waals surface area contributed by atoms with Gasteiger partial charge < -0.3 is 20.7 Å². The van der Waals surface area contributed by atoms with E-state index in [-0.39, 0.29) is 24.3 Å². The number of fused-ring (bicyclic) bond motifs is 3. The highest BCUT2D eigenvalue weighted by molar-refractivity contribution is 5.98. The van der Waals surface area contributed by atoms with Crippen LogP contribution in [-0.2, 0) is 14.3 Å². The average Bonchev–Trinajstić information content (AvgIpc) is 3.20. The van der Waals surface area contributed by atoms with Gasteiger partial charge in [0.25, 0.3) is 0 Å². The van der Waals surface area contributed by atoms with Gasteiger partial charge in [-0.05, 0) is 54.2 Å². The first-order valence-electron chi connectivity index (χ1n) is 12.5. The van der Waals surface area contributed by atoms with Gasteiger partial charge in [0.1, 0.15) is 18.7 Å². The predicted octanol–water partition coefficient (Wildman–Crippen LogP) is 5.00. The molecule has 3 aromatic rings. The number of carbonyl (C=O) groups is 3. The molecule has 2 atom stereocenters. The van der Waals surface area contributed by atoms with Crippen LogP contribution in [0.25, 0.3) is 11.1 Å². The number of nitrogens with one attached hydrogen (secondary N) is 3. The van der Waals surface area contributed by atoms with Gasteiger partial charge >= 0.3 is 6.09 Å². The van der Waals surface area contributed by atoms with Gasteiger partial charge in [0.15, 0.2) is 0 Å². The molecule has 7 nitrogen and oxygen atoms in total. The molecule has 1 aliphatic rings. The van der Waals surface area contributed by atoms with E-state index in [1.165, 1.54) is 0 Å². The summed E-state index contributed by atoms with van der Waals surface area (Å²) in [6, 6.07) is 22.0. The molecule has 0 unspecified atom stereocenters. The minimum atomic E-state index is -0.856. The Morgan fingerprint density at radius 3 is 1.92 bits per heavy atom. The van der Waals surface area contributed by atoms with E-state index in [1.54, 1.807) is 19.1 Å². The van der Waals surface area contributed by atoms with E-state index >= 15 is 0 Å². The number of anilines is 1. The highest BCUT2D eigenvalue weighted by atomic mass is 16.5. The molecule has 0 fully saturated rings. The van der Waals surface area contributed by atoms with Crippen molar-refractivity contribution < 1.29 is 19.1 Å². The highest BCUT2D eigenvalue weighted by Gasteiger charge is 2.31. The van der Waals surface area contributed by atoms with Crippen molar-refractivity contribution in [1.82, 2.24) is 10.6 Å². The molecule has 0 aromatic heterocycles. The van der Waals surface area contributed by atoms with E-state index in [4.69, 9.17) is 4.74 Å². The maximum Gasteiger partial charge on any atom is 0.407 e. The first-order chi connectivity index (χ1) is 17.7. The Hall–Kier alpha value is -4.13. The molecule has 0 bridgehead atoms. The van der Waals surface area contributed by atoms with Crippen molar-refractivity contribution in [3.8, 4) is 11.1 Å². The third-order valence-electron chi connectivity index (χ3n) is 6.64. The second-order valence-corrected chi connectivity index (χ2v) is 9.78. The predicted molar refractivity (Wildman–Crippen MR) is 144 cm³/mol. The molecule has 3 amide bonds. The zero-order chi connectivity index (χ0) is 26.5. The van der Waals surface area contributed by atoms with Crippen LogP contribution in [0.3, 0.4) is 0 Å². The van der Waals surface area contributed by atoms with Gasteiger partial charge in [-0.1, -0.05) is 80.1 Å². The van der Waals surface area contributed by atoms with Gasteiger partial charge in [-0.2, -0.15) is 0 Å². The van der Waals surface area contributed by atoms with Crippen molar-refractivity contribution in [1.29, 1.82) is 0 Å². The molecule has 0 radical (unpaired) electrons. The Kier molecular flexibility index (Phi) is 7.92. The molecular formula is C30H33N3O4. The Morgan fingerprint density at radius 2 is 1.35 bits per heavy atom. The first kappa shape index (κ1) is 25.9. The number of alkyl carbamates (subject to hydrolysis) is 1. The van der Waals surface area contributed by atoms with Gasteiger partial charge in [0.05, 0.1) is 0 Å². The number of benzene rings is 3. The third kappa shape index (κ3) is 6.00. The zero-order valence-corrected chi connectivity index (χ0v) is 21.6. The van der Waals surface area contributed by atoms with E-state index in [0.29, 0.717) is 5.69 Å². The monoisotopic (exact) mass is 499 g/mol. The number of amides is 3. The molecular weight excluding hydrogens is 466 g/mol. The smallest absolute Gasteiger partial charge is 0.407 e. The summed E-state index contributed by atoms with van der Waals surface area (Å²) in [5, 5.41) is 8.17. The summed E-state index contributed by atoms with van der Waals surface area (Å²) >= 11 is 0. The Bertz CT molecular complexity index is 1240. The average molecular weight is 500 g/mol. The van der Waals surface area contributed by atoms with Gasteiger partial charge in [0, 0.05) is 11.6 Å². The van der Waals surface area contributed by atoms with Crippen LogP contribution in [-0.4, -0.2) is 36.6 Å². The largest absolute Gasteiger partial charge is 0.449 e. The molecule has 0 saturated heterocycles. The lowest BCUT2D eigenvalue weighted by molar-refractivity contribution is -0.128. The van der Waals surface area contributed by atoms with Gasteiger partial charge in [-0.25, -0.2) is 4.79 Å². The number of hydrogen-bond acceptors (Lipinski definition) is 4. The van der Waals surface area contributed by atoms with Crippen molar-refractivity contribution in [2.45, 2.75) is 45.7 Å². The van der Waals surface area contributed by atoms with Crippen LogP contribution in [0.4, 0.5) is 10.5 Å². The van der Waals surface area contributed by atoms with E-state index in [0.717, 1.165) is 27.8 Å². The topological polar surface area (TPSA) is 96.5 Å². The van der Waals surface area contributed by atoms with Crippen LogP contribution < -0.4 is 16.0 Å². The standard InChI is InChI=1S/C30H33N3O4/c1-18(2)27(29(35)31-20(4)28(34)32-21-15-13-19(3)14-16-21)33-30(36)37-17-26-24-11-7-5-9-22(24)23-10-6-8-12-25(23)26/h5-16,18,20,26-27H,17H2,1-4H3,(H,31,35)(H,32,34)(H,33,36)/t20-,27-/m0/s1. The molecule has 37 heavy (non-hydrogen) atoms. The van der Waals surface area contributed by atoms with Gasteiger partial charge in [-0.3, -0.25) is 9.59 Å². The molecule has 3 N–H and O–H groups in total. The minimum absolute atomic E-state index is 0.0741. The van der Waals surface area contributed by atoms with Crippen LogP contribution in [0.5, 0.6) is 0 Å². The molecule has 0 heterocycles. The van der Waals surface area contributed by atoms with Crippen LogP contribution in [0, 0.1) is 12.8 Å². The van der Waals surface area contributed by atoms with E-state index in [2.05, 4.69) is 40.2 Å². The fourth-order valence-electron chi connectivity index (χ4n) is 4.56. The molecule has 0 spiro atoms. The molecule has 0 saturated carbocycles. The van der Waals surface area contributed by atoms with E-state index in [9.17, 15) is 14.4 Å². The van der Waals surface area contributed by atoms with Gasteiger partial charge in [0.2, 0.25) is 11.8 Å².